The first kappa shape index (κ1) is 13.6. The Bertz CT molecular complexity index is 511. The van der Waals surface area contributed by atoms with E-state index >= 15 is 0 Å². The van der Waals surface area contributed by atoms with E-state index in [0.717, 1.165) is 12.2 Å². The van der Waals surface area contributed by atoms with E-state index in [-0.39, 0.29) is 6.61 Å². The highest BCUT2D eigenvalue weighted by molar-refractivity contribution is 5.21. The lowest BCUT2D eigenvalue weighted by Crippen LogP contribution is -2.13. The van der Waals surface area contributed by atoms with Gasteiger partial charge in [0.2, 0.25) is 0 Å². The smallest absolute Gasteiger partial charge is 0.0964 e. The van der Waals surface area contributed by atoms with Gasteiger partial charge in [0.05, 0.1) is 5.69 Å². The van der Waals surface area contributed by atoms with Gasteiger partial charge in [0.25, 0.3) is 0 Å². The van der Waals surface area contributed by atoms with Crippen LogP contribution in [0.3, 0.4) is 0 Å². The first-order valence-electron chi connectivity index (χ1n) is 6.39. The van der Waals surface area contributed by atoms with Crippen LogP contribution in [0.15, 0.2) is 24.7 Å². The molecule has 0 fully saturated rings. The van der Waals surface area contributed by atoms with Crippen molar-refractivity contribution in [2.24, 2.45) is 0 Å². The normalized spacial score (nSPS) is 10.8. The van der Waals surface area contributed by atoms with Crippen LogP contribution in [0.1, 0.15) is 23.2 Å². The van der Waals surface area contributed by atoms with E-state index in [0.29, 0.717) is 19.5 Å². The Balaban J connectivity index is 1.79. The third-order valence-corrected chi connectivity index (χ3v) is 2.89. The average Bonchev–Trinajstić information content (AvgIpc) is 2.86. The fraction of sp³-hybridized carbons (Fsp3) is 0.462. The first-order valence-corrected chi connectivity index (χ1v) is 6.39. The number of aliphatic hydroxyl groups excluding tert-OH is 1. The van der Waals surface area contributed by atoms with Crippen LogP contribution in [0, 0.1) is 6.92 Å². The molecule has 0 bridgehead atoms. The van der Waals surface area contributed by atoms with Crippen molar-refractivity contribution in [3.8, 4) is 0 Å². The van der Waals surface area contributed by atoms with E-state index in [1.54, 1.807) is 10.9 Å². The predicted molar refractivity (Wildman–Crippen MR) is 71.2 cm³/mol. The predicted octanol–water partition coefficient (Wildman–Crippen LogP) is 0.654. The summed E-state index contributed by atoms with van der Waals surface area (Å²) in [6, 6.07) is 2.01. The van der Waals surface area contributed by atoms with Crippen molar-refractivity contribution in [3.05, 3.63) is 41.5 Å². The maximum Gasteiger partial charge on any atom is 0.0964 e. The van der Waals surface area contributed by atoms with Gasteiger partial charge in [-0.25, -0.2) is 0 Å². The maximum atomic E-state index is 8.75. The third kappa shape index (κ3) is 4.11. The minimum absolute atomic E-state index is 0.175. The van der Waals surface area contributed by atoms with Crippen molar-refractivity contribution in [2.45, 2.75) is 33.0 Å². The van der Waals surface area contributed by atoms with E-state index in [1.807, 2.05) is 18.5 Å². The van der Waals surface area contributed by atoms with Crippen molar-refractivity contribution >= 4 is 0 Å². The first-order chi connectivity index (χ1) is 9.29. The van der Waals surface area contributed by atoms with Gasteiger partial charge in [0.15, 0.2) is 0 Å². The van der Waals surface area contributed by atoms with E-state index in [2.05, 4.69) is 27.5 Å². The van der Waals surface area contributed by atoms with Crippen LogP contribution in [0.5, 0.6) is 0 Å². The summed E-state index contributed by atoms with van der Waals surface area (Å²) in [5.74, 6) is 0. The van der Waals surface area contributed by atoms with Gasteiger partial charge in [-0.05, 0) is 30.5 Å². The molecule has 6 nitrogen and oxygen atoms in total. The van der Waals surface area contributed by atoms with Crippen LogP contribution in [0.4, 0.5) is 0 Å². The molecule has 2 rings (SSSR count). The molecule has 2 heterocycles. The number of pyridine rings is 1. The number of aryl methyl sites for hydroxylation is 2. The lowest BCUT2D eigenvalue weighted by molar-refractivity contribution is 0.276. The Morgan fingerprint density at radius 2 is 2.26 bits per heavy atom. The number of nitrogens with zero attached hydrogens (tertiary/aromatic N) is 4. The van der Waals surface area contributed by atoms with Gasteiger partial charge < -0.3 is 10.4 Å². The number of nitrogens with one attached hydrogen (secondary N) is 1. The zero-order valence-corrected chi connectivity index (χ0v) is 11.1. The largest absolute Gasteiger partial charge is 0.396 e. The average molecular weight is 261 g/mol. The maximum absolute atomic E-state index is 8.75. The van der Waals surface area contributed by atoms with E-state index in [9.17, 15) is 0 Å². The summed E-state index contributed by atoms with van der Waals surface area (Å²) >= 11 is 0. The molecule has 0 amide bonds. The molecular weight excluding hydrogens is 242 g/mol. The fourth-order valence-corrected chi connectivity index (χ4v) is 1.79. The Hall–Kier alpha value is -1.79. The summed E-state index contributed by atoms with van der Waals surface area (Å²) in [6.07, 6.45) is 6.27. The van der Waals surface area contributed by atoms with E-state index in [1.165, 1.54) is 11.1 Å². The second-order valence-corrected chi connectivity index (χ2v) is 4.46. The summed E-state index contributed by atoms with van der Waals surface area (Å²) in [4.78, 5) is 4.07. The van der Waals surface area contributed by atoms with Gasteiger partial charge >= 0.3 is 0 Å². The second kappa shape index (κ2) is 6.96. The quantitative estimate of drug-likeness (QED) is 0.765. The van der Waals surface area contributed by atoms with E-state index in [4.69, 9.17) is 5.11 Å². The molecular formula is C13H19N5O. The molecule has 2 aromatic heterocycles. The number of hydrogen-bond acceptors (Lipinski definition) is 5. The Morgan fingerprint density at radius 1 is 1.37 bits per heavy atom. The van der Waals surface area contributed by atoms with Gasteiger partial charge in [-0.1, -0.05) is 5.21 Å². The van der Waals surface area contributed by atoms with Crippen LogP contribution in [-0.4, -0.2) is 31.7 Å². The van der Waals surface area contributed by atoms with Crippen molar-refractivity contribution in [2.75, 3.05) is 6.61 Å². The zero-order valence-electron chi connectivity index (χ0n) is 11.1. The molecule has 6 heteroatoms. The lowest BCUT2D eigenvalue weighted by Gasteiger charge is -2.05. The molecule has 0 radical (unpaired) electrons. The molecule has 0 atom stereocenters. The van der Waals surface area contributed by atoms with Crippen LogP contribution in [0.25, 0.3) is 0 Å². The fourth-order valence-electron chi connectivity index (χ4n) is 1.79. The summed E-state index contributed by atoms with van der Waals surface area (Å²) in [5.41, 5.74) is 3.33. The number of aromatic nitrogens is 4. The van der Waals surface area contributed by atoms with Gasteiger partial charge in [0, 0.05) is 44.8 Å². The molecule has 102 valence electrons. The monoisotopic (exact) mass is 261 g/mol. The molecule has 19 heavy (non-hydrogen) atoms. The van der Waals surface area contributed by atoms with Crippen molar-refractivity contribution in [1.82, 2.24) is 25.3 Å². The molecule has 0 saturated carbocycles. The zero-order chi connectivity index (χ0) is 13.5. The molecule has 0 aliphatic rings. The van der Waals surface area contributed by atoms with Crippen LogP contribution < -0.4 is 5.32 Å². The highest BCUT2D eigenvalue weighted by atomic mass is 16.3. The molecule has 0 spiro atoms. The summed E-state index contributed by atoms with van der Waals surface area (Å²) in [6.45, 7) is 4.40. The van der Waals surface area contributed by atoms with Crippen LogP contribution in [-0.2, 0) is 19.6 Å². The number of rotatable bonds is 7. The highest BCUT2D eigenvalue weighted by Gasteiger charge is 2.01. The molecule has 0 saturated heterocycles. The minimum Gasteiger partial charge on any atom is -0.396 e. The third-order valence-electron chi connectivity index (χ3n) is 2.89. The van der Waals surface area contributed by atoms with Gasteiger partial charge in [-0.15, -0.1) is 5.10 Å². The number of hydrogen-bond donors (Lipinski definition) is 2. The lowest BCUT2D eigenvalue weighted by atomic mass is 10.1. The van der Waals surface area contributed by atoms with E-state index < -0.39 is 0 Å². The van der Waals surface area contributed by atoms with Crippen LogP contribution in [0.2, 0.25) is 0 Å². The van der Waals surface area contributed by atoms with Crippen molar-refractivity contribution in [1.29, 1.82) is 0 Å². The SMILES string of the molecule is Cc1cnccc1CNCc1cn(CCCO)nn1. The molecule has 2 N–H and O–H groups in total. The summed E-state index contributed by atoms with van der Waals surface area (Å²) < 4.78 is 1.75. The Morgan fingerprint density at radius 3 is 3.05 bits per heavy atom. The standard InChI is InChI=1S/C13H19N5O/c1-11-7-14-4-3-12(11)8-15-9-13-10-18(17-16-13)5-2-6-19/h3-4,7,10,15,19H,2,5-6,8-9H2,1H3. The molecule has 0 unspecified atom stereocenters. The topological polar surface area (TPSA) is 75.9 Å². The van der Waals surface area contributed by atoms with Crippen molar-refractivity contribution < 1.29 is 5.11 Å². The minimum atomic E-state index is 0.175. The van der Waals surface area contributed by atoms with Gasteiger partial charge in [0.1, 0.15) is 0 Å². The van der Waals surface area contributed by atoms with Gasteiger partial charge in [-0.3, -0.25) is 9.67 Å². The van der Waals surface area contributed by atoms with Gasteiger partial charge in [-0.2, -0.15) is 0 Å². The summed E-state index contributed by atoms with van der Waals surface area (Å²) in [7, 11) is 0. The number of aliphatic hydroxyl groups is 1. The molecule has 2 aromatic rings. The molecule has 0 aliphatic heterocycles. The second-order valence-electron chi connectivity index (χ2n) is 4.46. The van der Waals surface area contributed by atoms with Crippen LogP contribution >= 0.6 is 0 Å². The highest BCUT2D eigenvalue weighted by Crippen LogP contribution is 2.04. The molecule has 0 aliphatic carbocycles. The van der Waals surface area contributed by atoms with Crippen molar-refractivity contribution in [3.63, 3.8) is 0 Å². The molecule has 0 aromatic carbocycles. The summed E-state index contributed by atoms with van der Waals surface area (Å²) in [5, 5.41) is 20.2. The Labute approximate surface area is 112 Å². The Kier molecular flexibility index (Phi) is 5.00.